The van der Waals surface area contributed by atoms with Crippen LogP contribution in [0, 0.1) is 0 Å². The van der Waals surface area contributed by atoms with Crippen molar-refractivity contribution in [1.29, 1.82) is 0 Å². The van der Waals surface area contributed by atoms with Gasteiger partial charge in [-0.2, -0.15) is 14.8 Å². The lowest BCUT2D eigenvalue weighted by Crippen LogP contribution is -2.28. The average Bonchev–Trinajstić information content (AvgIpc) is 3.70. The fraction of sp³-hybridized carbons (Fsp3) is 0.233. The molecule has 0 bridgehead atoms. The van der Waals surface area contributed by atoms with Crippen molar-refractivity contribution in [2.24, 2.45) is 0 Å². The maximum atomic E-state index is 13.4. The van der Waals surface area contributed by atoms with Crippen LogP contribution in [-0.2, 0) is 4.79 Å². The smallest absolute Gasteiger partial charge is 0.253 e. The van der Waals surface area contributed by atoms with Crippen molar-refractivity contribution < 1.29 is 9.59 Å². The quantitative estimate of drug-likeness (QED) is 0.306. The fourth-order valence-corrected chi connectivity index (χ4v) is 5.21. The largest absolute Gasteiger partial charge is 0.343 e. The summed E-state index contributed by atoms with van der Waals surface area (Å²) < 4.78 is 1.62. The van der Waals surface area contributed by atoms with Gasteiger partial charge in [0.05, 0.1) is 11.7 Å². The number of likely N-dealkylation sites (N-methyl/N-ethyl adjacent to an activating group) is 1. The first-order valence-electron chi connectivity index (χ1n) is 13.2. The monoisotopic (exact) mass is 534 g/mol. The normalized spacial score (nSPS) is 15.6. The number of aromatic amines is 1. The van der Waals surface area contributed by atoms with E-state index in [1.165, 1.54) is 6.08 Å². The molecule has 10 heteroatoms. The maximum absolute atomic E-state index is 13.4. The van der Waals surface area contributed by atoms with Crippen molar-refractivity contribution in [1.82, 2.24) is 34.6 Å². The molecule has 40 heavy (non-hydrogen) atoms. The van der Waals surface area contributed by atoms with E-state index in [1.54, 1.807) is 47.4 Å². The Balaban J connectivity index is 1.17. The van der Waals surface area contributed by atoms with Crippen molar-refractivity contribution in [3.8, 4) is 11.1 Å². The Labute approximate surface area is 231 Å². The summed E-state index contributed by atoms with van der Waals surface area (Å²) in [4.78, 5) is 37.5. The number of nitrogens with one attached hydrogen (secondary N) is 2. The van der Waals surface area contributed by atoms with Crippen LogP contribution in [0.15, 0.2) is 79.3 Å². The van der Waals surface area contributed by atoms with Gasteiger partial charge in [-0.1, -0.05) is 12.1 Å². The van der Waals surface area contributed by atoms with E-state index in [1.807, 2.05) is 48.3 Å². The van der Waals surface area contributed by atoms with Gasteiger partial charge in [-0.15, -0.1) is 0 Å². The molecular weight excluding hydrogens is 504 g/mol. The Morgan fingerprint density at radius 3 is 2.88 bits per heavy atom. The molecule has 1 atom stereocenters. The number of benzene rings is 1. The number of pyridine rings is 1. The number of nitrogens with zero attached hydrogens (tertiary/aromatic N) is 6. The molecular formula is C30H30N8O2. The predicted molar refractivity (Wildman–Crippen MR) is 154 cm³/mol. The number of fused-ring (bicyclic) bond motifs is 2. The van der Waals surface area contributed by atoms with Gasteiger partial charge in [-0.3, -0.25) is 9.59 Å². The SMILES string of the molecule is CN(C)C/C=C/C(=O)Nc1cccc(C(=O)N2CCC(c3cc4c(-c5cnn6ncccc56)ccnc4[nH]3)C2)c1. The van der Waals surface area contributed by atoms with Gasteiger partial charge < -0.3 is 20.1 Å². The number of likely N-dealkylation sites (tertiary alicyclic amines) is 1. The Bertz CT molecular complexity index is 1730. The third-order valence-electron chi connectivity index (χ3n) is 7.18. The topological polar surface area (TPSA) is 112 Å². The average molecular weight is 535 g/mol. The summed E-state index contributed by atoms with van der Waals surface area (Å²) in [5.74, 6) is -0.100. The standard InChI is InChI=1S/C30H30N8O2/c1-36(2)14-5-9-28(39)34-22-7-3-6-20(16-22)30(40)37-15-11-21(19-37)26-17-24-23(10-13-31-29(24)35-26)25-18-33-38-27(25)8-4-12-32-38/h3-10,12-13,16-18,21H,11,14-15,19H2,1-2H3,(H,31,35)(H,34,39)/b9-5+. The molecule has 0 saturated carbocycles. The Morgan fingerprint density at radius 2 is 2.00 bits per heavy atom. The van der Waals surface area contributed by atoms with Crippen LogP contribution in [0.3, 0.4) is 0 Å². The number of hydrogen-bond acceptors (Lipinski definition) is 6. The zero-order chi connectivity index (χ0) is 27.6. The number of hydrogen-bond donors (Lipinski definition) is 2. The number of carbonyl (C=O) groups excluding carboxylic acids is 2. The third kappa shape index (κ3) is 5.08. The van der Waals surface area contributed by atoms with Crippen molar-refractivity contribution in [2.45, 2.75) is 12.3 Å². The van der Waals surface area contributed by atoms with Crippen molar-refractivity contribution in [3.05, 3.63) is 90.5 Å². The van der Waals surface area contributed by atoms with Crippen LogP contribution in [-0.4, -0.2) is 80.1 Å². The highest BCUT2D eigenvalue weighted by atomic mass is 16.2. The van der Waals surface area contributed by atoms with E-state index >= 15 is 0 Å². The molecule has 6 rings (SSSR count). The molecule has 4 aromatic heterocycles. The summed E-state index contributed by atoms with van der Waals surface area (Å²) in [6, 6.07) is 15.1. The maximum Gasteiger partial charge on any atom is 0.253 e. The van der Waals surface area contributed by atoms with E-state index in [4.69, 9.17) is 0 Å². The van der Waals surface area contributed by atoms with Crippen molar-refractivity contribution in [2.75, 3.05) is 39.0 Å². The van der Waals surface area contributed by atoms with Crippen LogP contribution in [0.25, 0.3) is 27.7 Å². The van der Waals surface area contributed by atoms with Crippen LogP contribution in [0.1, 0.15) is 28.4 Å². The Hall–Kier alpha value is -4.83. The number of anilines is 1. The first-order chi connectivity index (χ1) is 19.5. The predicted octanol–water partition coefficient (Wildman–Crippen LogP) is 3.96. The third-order valence-corrected chi connectivity index (χ3v) is 7.18. The summed E-state index contributed by atoms with van der Waals surface area (Å²) in [5.41, 5.74) is 5.98. The highest BCUT2D eigenvalue weighted by Gasteiger charge is 2.29. The second-order valence-corrected chi connectivity index (χ2v) is 10.3. The van der Waals surface area contributed by atoms with Gasteiger partial charge in [0.1, 0.15) is 5.65 Å². The van der Waals surface area contributed by atoms with Crippen LogP contribution in [0.5, 0.6) is 0 Å². The number of rotatable bonds is 7. The van der Waals surface area contributed by atoms with E-state index < -0.39 is 0 Å². The van der Waals surface area contributed by atoms with Gasteiger partial charge in [0.25, 0.3) is 5.91 Å². The second kappa shape index (κ2) is 10.7. The number of aromatic nitrogens is 5. The van der Waals surface area contributed by atoms with Crippen molar-refractivity contribution >= 4 is 34.1 Å². The highest BCUT2D eigenvalue weighted by Crippen LogP contribution is 2.35. The molecule has 1 aliphatic rings. The lowest BCUT2D eigenvalue weighted by molar-refractivity contribution is -0.111. The van der Waals surface area contributed by atoms with Crippen molar-refractivity contribution in [3.63, 3.8) is 0 Å². The van der Waals surface area contributed by atoms with Gasteiger partial charge in [0.2, 0.25) is 5.91 Å². The van der Waals surface area contributed by atoms with Gasteiger partial charge in [0, 0.05) is 71.9 Å². The van der Waals surface area contributed by atoms with Gasteiger partial charge >= 0.3 is 0 Å². The molecule has 5 heterocycles. The first-order valence-corrected chi connectivity index (χ1v) is 13.2. The summed E-state index contributed by atoms with van der Waals surface area (Å²) >= 11 is 0. The number of amides is 2. The minimum absolute atomic E-state index is 0.0458. The molecule has 5 aromatic rings. The zero-order valence-electron chi connectivity index (χ0n) is 22.4. The van der Waals surface area contributed by atoms with Crippen LogP contribution < -0.4 is 5.32 Å². The van der Waals surface area contributed by atoms with E-state index in [9.17, 15) is 9.59 Å². The Morgan fingerprint density at radius 1 is 1.10 bits per heavy atom. The lowest BCUT2D eigenvalue weighted by atomic mass is 10.0. The summed E-state index contributed by atoms with van der Waals surface area (Å²) in [6.07, 6.45) is 9.49. The molecule has 1 saturated heterocycles. The molecule has 1 aromatic carbocycles. The van der Waals surface area contributed by atoms with Crippen LogP contribution in [0.2, 0.25) is 0 Å². The molecule has 1 unspecified atom stereocenters. The van der Waals surface area contributed by atoms with E-state index in [-0.39, 0.29) is 17.7 Å². The van der Waals surface area contributed by atoms with Gasteiger partial charge in [0.15, 0.2) is 0 Å². The summed E-state index contributed by atoms with van der Waals surface area (Å²) in [7, 11) is 3.88. The molecule has 0 spiro atoms. The second-order valence-electron chi connectivity index (χ2n) is 10.3. The molecule has 1 fully saturated rings. The van der Waals surface area contributed by atoms with Crippen LogP contribution in [0.4, 0.5) is 5.69 Å². The molecule has 10 nitrogen and oxygen atoms in total. The zero-order valence-corrected chi connectivity index (χ0v) is 22.4. The minimum atomic E-state index is -0.222. The van der Waals surface area contributed by atoms with Crippen LogP contribution >= 0.6 is 0 Å². The molecule has 0 radical (unpaired) electrons. The van der Waals surface area contributed by atoms with E-state index in [0.29, 0.717) is 30.9 Å². The van der Waals surface area contributed by atoms with Gasteiger partial charge in [-0.25, -0.2) is 4.98 Å². The first kappa shape index (κ1) is 25.4. The lowest BCUT2D eigenvalue weighted by Gasteiger charge is -2.17. The summed E-state index contributed by atoms with van der Waals surface area (Å²) in [5, 5.41) is 12.5. The fourth-order valence-electron chi connectivity index (χ4n) is 5.21. The minimum Gasteiger partial charge on any atom is -0.343 e. The molecule has 1 aliphatic heterocycles. The molecule has 202 valence electrons. The highest BCUT2D eigenvalue weighted by molar-refractivity contribution is 6.01. The molecule has 0 aliphatic carbocycles. The van der Waals surface area contributed by atoms with E-state index in [0.717, 1.165) is 39.8 Å². The number of H-pyrrole nitrogens is 1. The molecule has 2 amide bonds. The Kier molecular flexibility index (Phi) is 6.83. The molecule has 2 N–H and O–H groups in total. The van der Waals surface area contributed by atoms with E-state index in [2.05, 4.69) is 31.5 Å². The number of carbonyl (C=O) groups is 2. The summed E-state index contributed by atoms with van der Waals surface area (Å²) in [6.45, 7) is 1.93. The van der Waals surface area contributed by atoms with Gasteiger partial charge in [-0.05, 0) is 68.5 Å².